The van der Waals surface area contributed by atoms with E-state index in [9.17, 15) is 0 Å². The zero-order chi connectivity index (χ0) is 9.52. The average molecular weight is 178 g/mol. The first-order valence-electron chi connectivity index (χ1n) is 4.87. The molecule has 2 nitrogen and oxygen atoms in total. The van der Waals surface area contributed by atoms with E-state index in [-0.39, 0.29) is 0 Å². The highest BCUT2D eigenvalue weighted by Crippen LogP contribution is 2.14. The summed E-state index contributed by atoms with van der Waals surface area (Å²) in [4.78, 5) is 0. The van der Waals surface area contributed by atoms with Gasteiger partial charge in [-0.05, 0) is 25.1 Å². The number of benzene rings is 1. The summed E-state index contributed by atoms with van der Waals surface area (Å²) >= 11 is 0. The molecule has 0 aromatic heterocycles. The summed E-state index contributed by atoms with van der Waals surface area (Å²) in [6.07, 6.45) is 0.998. The molecule has 1 rings (SSSR count). The second-order valence-corrected chi connectivity index (χ2v) is 3.10. The molecule has 0 aliphatic rings. The minimum absolute atomic E-state index is 0.413. The first-order valence-corrected chi connectivity index (χ1v) is 4.87. The van der Waals surface area contributed by atoms with Gasteiger partial charge in [-0.1, -0.05) is 37.3 Å². The SMILES string of the molecule is CCNC(CCN)c1ccccc1. The Morgan fingerprint density at radius 3 is 2.54 bits per heavy atom. The van der Waals surface area contributed by atoms with Gasteiger partial charge in [0.15, 0.2) is 0 Å². The van der Waals surface area contributed by atoms with Crippen molar-refractivity contribution in [3.63, 3.8) is 0 Å². The Labute approximate surface area is 80.1 Å². The first kappa shape index (κ1) is 10.2. The Bertz CT molecular complexity index is 215. The molecule has 0 aliphatic heterocycles. The highest BCUT2D eigenvalue weighted by Gasteiger charge is 2.07. The maximum atomic E-state index is 5.56. The lowest BCUT2D eigenvalue weighted by molar-refractivity contribution is 0.521. The van der Waals surface area contributed by atoms with E-state index in [0.717, 1.165) is 19.5 Å². The van der Waals surface area contributed by atoms with Gasteiger partial charge >= 0.3 is 0 Å². The van der Waals surface area contributed by atoms with Crippen molar-refractivity contribution in [2.24, 2.45) is 5.73 Å². The van der Waals surface area contributed by atoms with Gasteiger partial charge in [0.1, 0.15) is 0 Å². The van der Waals surface area contributed by atoms with Gasteiger partial charge in [-0.15, -0.1) is 0 Å². The second kappa shape index (κ2) is 5.73. The van der Waals surface area contributed by atoms with Crippen LogP contribution in [0.2, 0.25) is 0 Å². The average Bonchev–Trinajstić information content (AvgIpc) is 2.19. The Balaban J connectivity index is 2.64. The highest BCUT2D eigenvalue weighted by molar-refractivity contribution is 5.18. The van der Waals surface area contributed by atoms with E-state index in [2.05, 4.69) is 36.5 Å². The Morgan fingerprint density at radius 2 is 2.00 bits per heavy atom. The molecule has 1 atom stereocenters. The van der Waals surface area contributed by atoms with Crippen molar-refractivity contribution in [2.75, 3.05) is 13.1 Å². The fourth-order valence-corrected chi connectivity index (χ4v) is 1.48. The number of hydrogen-bond acceptors (Lipinski definition) is 2. The van der Waals surface area contributed by atoms with Crippen LogP contribution >= 0.6 is 0 Å². The molecule has 1 aromatic rings. The molecule has 0 saturated heterocycles. The molecule has 13 heavy (non-hydrogen) atoms. The van der Waals surface area contributed by atoms with Crippen molar-refractivity contribution < 1.29 is 0 Å². The zero-order valence-electron chi connectivity index (χ0n) is 8.16. The van der Waals surface area contributed by atoms with Crippen molar-refractivity contribution in [3.8, 4) is 0 Å². The first-order chi connectivity index (χ1) is 6.38. The van der Waals surface area contributed by atoms with Crippen LogP contribution in [0.3, 0.4) is 0 Å². The van der Waals surface area contributed by atoms with Gasteiger partial charge in [-0.3, -0.25) is 0 Å². The molecule has 0 saturated carbocycles. The van der Waals surface area contributed by atoms with E-state index in [0.29, 0.717) is 6.04 Å². The molecule has 2 heteroatoms. The number of rotatable bonds is 5. The maximum absolute atomic E-state index is 5.56. The fourth-order valence-electron chi connectivity index (χ4n) is 1.48. The molecule has 0 aliphatic carbocycles. The minimum atomic E-state index is 0.413. The lowest BCUT2D eigenvalue weighted by Gasteiger charge is -2.16. The molecule has 0 heterocycles. The van der Waals surface area contributed by atoms with Crippen molar-refractivity contribution >= 4 is 0 Å². The van der Waals surface area contributed by atoms with Gasteiger partial charge in [0.2, 0.25) is 0 Å². The summed E-state index contributed by atoms with van der Waals surface area (Å²) < 4.78 is 0. The monoisotopic (exact) mass is 178 g/mol. The summed E-state index contributed by atoms with van der Waals surface area (Å²) in [6.45, 7) is 3.83. The van der Waals surface area contributed by atoms with E-state index in [4.69, 9.17) is 5.73 Å². The molecule has 1 aromatic carbocycles. The minimum Gasteiger partial charge on any atom is -0.330 e. The van der Waals surface area contributed by atoms with Crippen molar-refractivity contribution in [1.29, 1.82) is 0 Å². The second-order valence-electron chi connectivity index (χ2n) is 3.10. The molecule has 0 bridgehead atoms. The largest absolute Gasteiger partial charge is 0.330 e. The molecular formula is C11H18N2. The summed E-state index contributed by atoms with van der Waals surface area (Å²) in [5, 5.41) is 3.42. The van der Waals surface area contributed by atoms with Crippen molar-refractivity contribution in [3.05, 3.63) is 35.9 Å². The van der Waals surface area contributed by atoms with Crippen LogP contribution in [0.25, 0.3) is 0 Å². The van der Waals surface area contributed by atoms with Gasteiger partial charge in [-0.25, -0.2) is 0 Å². The van der Waals surface area contributed by atoms with E-state index in [1.54, 1.807) is 0 Å². The van der Waals surface area contributed by atoms with Crippen molar-refractivity contribution in [1.82, 2.24) is 5.32 Å². The summed E-state index contributed by atoms with van der Waals surface area (Å²) in [5.41, 5.74) is 6.89. The molecular weight excluding hydrogens is 160 g/mol. The third-order valence-corrected chi connectivity index (χ3v) is 2.11. The Hall–Kier alpha value is -0.860. The highest BCUT2D eigenvalue weighted by atomic mass is 14.9. The van der Waals surface area contributed by atoms with Gasteiger partial charge in [-0.2, -0.15) is 0 Å². The Kier molecular flexibility index (Phi) is 4.50. The van der Waals surface area contributed by atoms with E-state index in [1.807, 2.05) is 6.07 Å². The lowest BCUT2D eigenvalue weighted by Crippen LogP contribution is -2.23. The van der Waals surface area contributed by atoms with Crippen LogP contribution in [-0.4, -0.2) is 13.1 Å². The van der Waals surface area contributed by atoms with Crippen LogP contribution in [0.15, 0.2) is 30.3 Å². The van der Waals surface area contributed by atoms with Crippen LogP contribution in [0, 0.1) is 0 Å². The van der Waals surface area contributed by atoms with Gasteiger partial charge in [0.05, 0.1) is 0 Å². The van der Waals surface area contributed by atoms with Crippen molar-refractivity contribution in [2.45, 2.75) is 19.4 Å². The predicted molar refractivity (Wildman–Crippen MR) is 56.5 cm³/mol. The van der Waals surface area contributed by atoms with E-state index >= 15 is 0 Å². The standard InChI is InChI=1S/C11H18N2/c1-2-13-11(8-9-12)10-6-4-3-5-7-10/h3-7,11,13H,2,8-9,12H2,1H3. The van der Waals surface area contributed by atoms with Crippen LogP contribution in [0.5, 0.6) is 0 Å². The normalized spacial score (nSPS) is 12.8. The Morgan fingerprint density at radius 1 is 1.31 bits per heavy atom. The summed E-state index contributed by atoms with van der Waals surface area (Å²) in [6, 6.07) is 10.9. The van der Waals surface area contributed by atoms with Crippen LogP contribution in [0.4, 0.5) is 0 Å². The fraction of sp³-hybridized carbons (Fsp3) is 0.455. The molecule has 0 amide bonds. The predicted octanol–water partition coefficient (Wildman–Crippen LogP) is 1.69. The van der Waals surface area contributed by atoms with Gasteiger partial charge in [0.25, 0.3) is 0 Å². The van der Waals surface area contributed by atoms with Crippen LogP contribution < -0.4 is 11.1 Å². The molecule has 0 fully saturated rings. The maximum Gasteiger partial charge on any atom is 0.0332 e. The topological polar surface area (TPSA) is 38.0 Å². The molecule has 0 radical (unpaired) electrons. The quantitative estimate of drug-likeness (QED) is 0.720. The number of nitrogens with two attached hydrogens (primary N) is 1. The van der Waals surface area contributed by atoms with E-state index in [1.165, 1.54) is 5.56 Å². The van der Waals surface area contributed by atoms with E-state index < -0.39 is 0 Å². The smallest absolute Gasteiger partial charge is 0.0332 e. The third kappa shape index (κ3) is 3.17. The molecule has 72 valence electrons. The van der Waals surface area contributed by atoms with Crippen LogP contribution in [0.1, 0.15) is 24.9 Å². The summed E-state index contributed by atoms with van der Waals surface area (Å²) in [7, 11) is 0. The third-order valence-electron chi connectivity index (χ3n) is 2.11. The molecule has 1 unspecified atom stereocenters. The summed E-state index contributed by atoms with van der Waals surface area (Å²) in [5.74, 6) is 0. The zero-order valence-corrected chi connectivity index (χ0v) is 8.16. The lowest BCUT2D eigenvalue weighted by atomic mass is 10.0. The number of nitrogens with one attached hydrogen (secondary N) is 1. The molecule has 3 N–H and O–H groups in total. The molecule has 0 spiro atoms. The van der Waals surface area contributed by atoms with Gasteiger partial charge < -0.3 is 11.1 Å². The van der Waals surface area contributed by atoms with Crippen LogP contribution in [-0.2, 0) is 0 Å². The number of hydrogen-bond donors (Lipinski definition) is 2. The van der Waals surface area contributed by atoms with Gasteiger partial charge in [0, 0.05) is 6.04 Å².